The van der Waals surface area contributed by atoms with Crippen molar-refractivity contribution in [2.45, 2.75) is 39.2 Å². The van der Waals surface area contributed by atoms with Gasteiger partial charge >= 0.3 is 0 Å². The molecule has 0 aliphatic rings. The Morgan fingerprint density at radius 3 is 2.67 bits per heavy atom. The molecule has 1 aromatic carbocycles. The van der Waals surface area contributed by atoms with Crippen LogP contribution in [0, 0.1) is 0 Å². The molecule has 1 unspecified atom stereocenters. The van der Waals surface area contributed by atoms with Gasteiger partial charge in [0, 0.05) is 26.2 Å². The molecule has 0 spiro atoms. The number of nitrogens with one attached hydrogen (secondary N) is 2. The largest absolute Gasteiger partial charge is 0.381 e. The van der Waals surface area contributed by atoms with E-state index in [1.165, 1.54) is 5.56 Å². The van der Waals surface area contributed by atoms with E-state index >= 15 is 0 Å². The fraction of sp³-hybridized carbons (Fsp3) is 0.588. The third-order valence-electron chi connectivity index (χ3n) is 3.35. The Bertz CT molecular complexity index is 392. The number of hydrogen-bond acceptors (Lipinski definition) is 2. The van der Waals surface area contributed by atoms with Gasteiger partial charge < -0.3 is 15.4 Å². The molecule has 0 amide bonds. The zero-order chi connectivity index (χ0) is 15.3. The van der Waals surface area contributed by atoms with Gasteiger partial charge in [0.2, 0.25) is 0 Å². The zero-order valence-electron chi connectivity index (χ0n) is 13.6. The number of guanidine groups is 1. The number of hydrogen-bond donors (Lipinski definition) is 2. The highest BCUT2D eigenvalue weighted by atomic mass is 16.5. The lowest BCUT2D eigenvalue weighted by atomic mass is 10.2. The van der Waals surface area contributed by atoms with E-state index in [0.717, 1.165) is 45.0 Å². The van der Waals surface area contributed by atoms with Gasteiger partial charge in [0.15, 0.2) is 5.96 Å². The maximum atomic E-state index is 5.66. The third kappa shape index (κ3) is 8.35. The molecule has 0 saturated carbocycles. The second-order valence-corrected chi connectivity index (χ2v) is 5.15. The van der Waals surface area contributed by atoms with Crippen LogP contribution in [0.5, 0.6) is 0 Å². The van der Waals surface area contributed by atoms with Crippen LogP contribution in [-0.2, 0) is 11.2 Å². The summed E-state index contributed by atoms with van der Waals surface area (Å²) in [6, 6.07) is 10.9. The van der Waals surface area contributed by atoms with Gasteiger partial charge in [0.05, 0.1) is 6.61 Å². The van der Waals surface area contributed by atoms with Crippen molar-refractivity contribution in [1.82, 2.24) is 10.6 Å². The molecule has 0 aliphatic heterocycles. The summed E-state index contributed by atoms with van der Waals surface area (Å²) in [5, 5.41) is 6.64. The fourth-order valence-electron chi connectivity index (χ4n) is 1.85. The van der Waals surface area contributed by atoms with E-state index < -0.39 is 0 Å². The van der Waals surface area contributed by atoms with Gasteiger partial charge in [-0.15, -0.1) is 0 Å². The fourth-order valence-corrected chi connectivity index (χ4v) is 1.85. The highest BCUT2D eigenvalue weighted by Crippen LogP contribution is 1.99. The first-order valence-electron chi connectivity index (χ1n) is 7.85. The van der Waals surface area contributed by atoms with Gasteiger partial charge in [-0.1, -0.05) is 37.3 Å². The number of benzene rings is 1. The molecule has 1 atom stereocenters. The van der Waals surface area contributed by atoms with Crippen molar-refractivity contribution in [3.05, 3.63) is 35.9 Å². The number of nitrogens with zero attached hydrogens (tertiary/aromatic N) is 1. The zero-order valence-corrected chi connectivity index (χ0v) is 13.6. The molecule has 118 valence electrons. The van der Waals surface area contributed by atoms with Crippen molar-refractivity contribution in [3.63, 3.8) is 0 Å². The first kappa shape index (κ1) is 17.5. The Kier molecular flexibility index (Phi) is 9.29. The van der Waals surface area contributed by atoms with Crippen LogP contribution in [0.1, 0.15) is 32.3 Å². The molecule has 1 aromatic rings. The number of ether oxygens (including phenoxy) is 1. The SMILES string of the molecule is CCC(C)NC(=NC)NCCCOCCc1ccccc1. The topological polar surface area (TPSA) is 45.7 Å². The van der Waals surface area contributed by atoms with E-state index in [0.29, 0.717) is 6.04 Å². The van der Waals surface area contributed by atoms with Crippen molar-refractivity contribution >= 4 is 5.96 Å². The first-order valence-corrected chi connectivity index (χ1v) is 7.85. The minimum atomic E-state index is 0.443. The first-order chi connectivity index (χ1) is 10.3. The monoisotopic (exact) mass is 291 g/mol. The summed E-state index contributed by atoms with van der Waals surface area (Å²) in [6.07, 6.45) is 3.05. The standard InChI is InChI=1S/C17H29N3O/c1-4-15(2)20-17(18-3)19-12-8-13-21-14-11-16-9-6-5-7-10-16/h5-7,9-10,15H,4,8,11-14H2,1-3H3,(H2,18,19,20). The Balaban J connectivity index is 2.01. The quantitative estimate of drug-likeness (QED) is 0.418. The van der Waals surface area contributed by atoms with Gasteiger partial charge in [0.1, 0.15) is 0 Å². The van der Waals surface area contributed by atoms with E-state index in [1.807, 2.05) is 6.07 Å². The van der Waals surface area contributed by atoms with Gasteiger partial charge in [-0.2, -0.15) is 0 Å². The van der Waals surface area contributed by atoms with Crippen LogP contribution in [0.2, 0.25) is 0 Å². The molecule has 0 bridgehead atoms. The molecular formula is C17H29N3O. The minimum Gasteiger partial charge on any atom is -0.381 e. The normalized spacial score (nSPS) is 13.0. The lowest BCUT2D eigenvalue weighted by Gasteiger charge is -2.16. The molecule has 0 heterocycles. The molecule has 4 heteroatoms. The van der Waals surface area contributed by atoms with Crippen LogP contribution in [0.25, 0.3) is 0 Å². The predicted octanol–water partition coefficient (Wildman–Crippen LogP) is 2.60. The molecule has 0 saturated heterocycles. The third-order valence-corrected chi connectivity index (χ3v) is 3.35. The summed E-state index contributed by atoms with van der Waals surface area (Å²) in [4.78, 5) is 4.20. The molecule has 0 aliphatic carbocycles. The Hall–Kier alpha value is -1.55. The molecular weight excluding hydrogens is 262 g/mol. The predicted molar refractivity (Wildman–Crippen MR) is 89.8 cm³/mol. The Labute approximate surface area is 129 Å². The van der Waals surface area contributed by atoms with Gasteiger partial charge in [0.25, 0.3) is 0 Å². The lowest BCUT2D eigenvalue weighted by molar-refractivity contribution is 0.135. The summed E-state index contributed by atoms with van der Waals surface area (Å²) in [5.74, 6) is 0.869. The summed E-state index contributed by atoms with van der Waals surface area (Å²) in [5.41, 5.74) is 1.33. The Morgan fingerprint density at radius 1 is 1.24 bits per heavy atom. The highest BCUT2D eigenvalue weighted by molar-refractivity contribution is 5.79. The summed E-state index contributed by atoms with van der Waals surface area (Å²) < 4.78 is 5.66. The smallest absolute Gasteiger partial charge is 0.191 e. The van der Waals surface area contributed by atoms with Crippen LogP contribution in [0.4, 0.5) is 0 Å². The maximum Gasteiger partial charge on any atom is 0.191 e. The average molecular weight is 291 g/mol. The van der Waals surface area contributed by atoms with Gasteiger partial charge in [-0.05, 0) is 31.7 Å². The number of rotatable bonds is 9. The average Bonchev–Trinajstić information content (AvgIpc) is 2.53. The molecule has 1 rings (SSSR count). The minimum absolute atomic E-state index is 0.443. The van der Waals surface area contributed by atoms with Crippen LogP contribution >= 0.6 is 0 Å². The van der Waals surface area contributed by atoms with Gasteiger partial charge in [-0.3, -0.25) is 4.99 Å². The molecule has 4 nitrogen and oxygen atoms in total. The van der Waals surface area contributed by atoms with E-state index in [1.54, 1.807) is 7.05 Å². The van der Waals surface area contributed by atoms with E-state index in [9.17, 15) is 0 Å². The summed E-state index contributed by atoms with van der Waals surface area (Å²) in [6.45, 7) is 6.75. The van der Waals surface area contributed by atoms with Gasteiger partial charge in [-0.25, -0.2) is 0 Å². The van der Waals surface area contributed by atoms with Crippen molar-refractivity contribution in [2.75, 3.05) is 26.8 Å². The van der Waals surface area contributed by atoms with Crippen LogP contribution < -0.4 is 10.6 Å². The van der Waals surface area contributed by atoms with Crippen LogP contribution in [0.15, 0.2) is 35.3 Å². The second-order valence-electron chi connectivity index (χ2n) is 5.15. The summed E-state index contributed by atoms with van der Waals surface area (Å²) in [7, 11) is 1.80. The van der Waals surface area contributed by atoms with E-state index in [2.05, 4.69) is 53.7 Å². The van der Waals surface area contributed by atoms with Crippen molar-refractivity contribution in [3.8, 4) is 0 Å². The second kappa shape index (κ2) is 11.1. The van der Waals surface area contributed by atoms with Crippen molar-refractivity contribution in [2.24, 2.45) is 4.99 Å². The van der Waals surface area contributed by atoms with E-state index in [-0.39, 0.29) is 0 Å². The van der Waals surface area contributed by atoms with E-state index in [4.69, 9.17) is 4.74 Å². The maximum absolute atomic E-state index is 5.66. The van der Waals surface area contributed by atoms with Crippen LogP contribution in [0.3, 0.4) is 0 Å². The number of aliphatic imine (C=N–C) groups is 1. The Morgan fingerprint density at radius 2 is 2.00 bits per heavy atom. The lowest BCUT2D eigenvalue weighted by Crippen LogP contribution is -2.42. The molecule has 2 N–H and O–H groups in total. The summed E-state index contributed by atoms with van der Waals surface area (Å²) >= 11 is 0. The van der Waals surface area contributed by atoms with Crippen molar-refractivity contribution < 1.29 is 4.74 Å². The highest BCUT2D eigenvalue weighted by Gasteiger charge is 2.01. The molecule has 21 heavy (non-hydrogen) atoms. The molecule has 0 radical (unpaired) electrons. The molecule has 0 fully saturated rings. The van der Waals surface area contributed by atoms with Crippen LogP contribution in [-0.4, -0.2) is 38.8 Å². The van der Waals surface area contributed by atoms with Crippen molar-refractivity contribution in [1.29, 1.82) is 0 Å². The molecule has 0 aromatic heterocycles.